The number of hydrogen-bond donors (Lipinski definition) is 2. The summed E-state index contributed by atoms with van der Waals surface area (Å²) < 4.78 is 0. The molecule has 1 aliphatic heterocycles. The molecular formula is C7H10O4S. The lowest BCUT2D eigenvalue weighted by Crippen LogP contribution is -2.34. The lowest BCUT2D eigenvalue weighted by Gasteiger charge is -2.24. The van der Waals surface area contributed by atoms with Crippen molar-refractivity contribution in [2.75, 3.05) is 11.5 Å². The fourth-order valence-corrected chi connectivity index (χ4v) is 2.49. The van der Waals surface area contributed by atoms with Crippen LogP contribution in [-0.2, 0) is 9.59 Å². The maximum absolute atomic E-state index is 10.6. The van der Waals surface area contributed by atoms with Gasteiger partial charge in [-0.2, -0.15) is 11.8 Å². The summed E-state index contributed by atoms with van der Waals surface area (Å²) in [5.41, 5.74) is 0. The predicted octanol–water partition coefficient (Wildman–Crippen LogP) is 0.525. The summed E-state index contributed by atoms with van der Waals surface area (Å²) in [4.78, 5) is 21.2. The van der Waals surface area contributed by atoms with Crippen LogP contribution >= 0.6 is 11.8 Å². The highest BCUT2D eigenvalue weighted by molar-refractivity contribution is 7.99. The van der Waals surface area contributed by atoms with Crippen LogP contribution in [-0.4, -0.2) is 33.7 Å². The van der Waals surface area contributed by atoms with E-state index in [9.17, 15) is 9.59 Å². The first-order chi connectivity index (χ1) is 5.63. The lowest BCUT2D eigenvalue weighted by atomic mass is 9.91. The monoisotopic (exact) mass is 190 g/mol. The summed E-state index contributed by atoms with van der Waals surface area (Å²) in [7, 11) is 0. The van der Waals surface area contributed by atoms with E-state index in [1.165, 1.54) is 11.8 Å². The van der Waals surface area contributed by atoms with Crippen LogP contribution in [0.4, 0.5) is 0 Å². The number of hydrogen-bond acceptors (Lipinski definition) is 3. The smallest absolute Gasteiger partial charge is 0.308 e. The molecule has 4 nitrogen and oxygen atoms in total. The van der Waals surface area contributed by atoms with Gasteiger partial charge in [-0.05, 0) is 12.2 Å². The molecule has 0 aromatic rings. The Morgan fingerprint density at radius 1 is 1.17 bits per heavy atom. The van der Waals surface area contributed by atoms with Crippen molar-refractivity contribution < 1.29 is 19.8 Å². The van der Waals surface area contributed by atoms with Gasteiger partial charge in [0, 0.05) is 5.75 Å². The van der Waals surface area contributed by atoms with Gasteiger partial charge in [0.2, 0.25) is 0 Å². The van der Waals surface area contributed by atoms with Crippen molar-refractivity contribution in [2.45, 2.75) is 6.42 Å². The molecule has 0 saturated carbocycles. The van der Waals surface area contributed by atoms with Crippen LogP contribution in [0.3, 0.4) is 0 Å². The number of carboxylic acids is 2. The third kappa shape index (κ3) is 1.91. The maximum atomic E-state index is 10.6. The van der Waals surface area contributed by atoms with Gasteiger partial charge < -0.3 is 10.2 Å². The Morgan fingerprint density at radius 2 is 1.75 bits per heavy atom. The maximum Gasteiger partial charge on any atom is 0.308 e. The Hall–Kier alpha value is -0.710. The summed E-state index contributed by atoms with van der Waals surface area (Å²) in [6.45, 7) is 0. The van der Waals surface area contributed by atoms with E-state index in [1.807, 2.05) is 0 Å². The van der Waals surface area contributed by atoms with E-state index < -0.39 is 23.8 Å². The minimum absolute atomic E-state index is 0.423. The van der Waals surface area contributed by atoms with E-state index in [0.29, 0.717) is 12.2 Å². The van der Waals surface area contributed by atoms with Crippen LogP contribution in [0, 0.1) is 11.8 Å². The van der Waals surface area contributed by atoms with Crippen LogP contribution in [0.5, 0.6) is 0 Å². The first-order valence-electron chi connectivity index (χ1n) is 3.66. The molecule has 1 aliphatic rings. The van der Waals surface area contributed by atoms with Gasteiger partial charge in [0.25, 0.3) is 0 Å². The third-order valence-electron chi connectivity index (χ3n) is 1.99. The van der Waals surface area contributed by atoms with Crippen LogP contribution in [0.15, 0.2) is 0 Å². The van der Waals surface area contributed by atoms with Gasteiger partial charge in [0.15, 0.2) is 0 Å². The molecule has 0 aromatic heterocycles. The minimum Gasteiger partial charge on any atom is -0.481 e. The van der Waals surface area contributed by atoms with Crippen molar-refractivity contribution in [3.8, 4) is 0 Å². The first kappa shape index (κ1) is 9.38. The Morgan fingerprint density at radius 3 is 2.17 bits per heavy atom. The number of carboxylic acid groups (broad SMARTS) is 2. The SMILES string of the molecule is O=C(O)C1CCSCC1C(=O)O. The molecule has 12 heavy (non-hydrogen) atoms. The van der Waals surface area contributed by atoms with Gasteiger partial charge in [-0.15, -0.1) is 0 Å². The summed E-state index contributed by atoms with van der Waals surface area (Å²) in [6, 6.07) is 0. The number of rotatable bonds is 2. The molecule has 68 valence electrons. The Bertz CT molecular complexity index is 182. The molecule has 1 rings (SSSR count). The summed E-state index contributed by atoms with van der Waals surface area (Å²) in [5.74, 6) is -2.20. The lowest BCUT2D eigenvalue weighted by molar-refractivity contribution is -0.153. The number of carbonyl (C=O) groups is 2. The van der Waals surface area contributed by atoms with Gasteiger partial charge in [0.1, 0.15) is 0 Å². The fraction of sp³-hybridized carbons (Fsp3) is 0.714. The standard InChI is InChI=1S/C7H10O4S/c8-6(9)4-1-2-12-3-5(4)7(10)11/h4-5H,1-3H2,(H,8,9)(H,10,11). The summed E-state index contributed by atoms with van der Waals surface area (Å²) >= 11 is 1.51. The largest absolute Gasteiger partial charge is 0.481 e. The van der Waals surface area contributed by atoms with Crippen molar-refractivity contribution in [2.24, 2.45) is 11.8 Å². The molecule has 0 aromatic carbocycles. The topological polar surface area (TPSA) is 74.6 Å². The molecule has 1 fully saturated rings. The Labute approximate surface area is 74.0 Å². The van der Waals surface area contributed by atoms with Crippen LogP contribution in [0.25, 0.3) is 0 Å². The van der Waals surface area contributed by atoms with Gasteiger partial charge in [-0.1, -0.05) is 0 Å². The highest BCUT2D eigenvalue weighted by atomic mass is 32.2. The van der Waals surface area contributed by atoms with E-state index >= 15 is 0 Å². The molecule has 2 unspecified atom stereocenters. The predicted molar refractivity (Wildman–Crippen MR) is 44.2 cm³/mol. The van der Waals surface area contributed by atoms with Gasteiger partial charge >= 0.3 is 11.9 Å². The molecule has 2 atom stereocenters. The molecule has 2 N–H and O–H groups in total. The molecule has 0 aliphatic carbocycles. The second-order valence-electron chi connectivity index (χ2n) is 2.75. The highest BCUT2D eigenvalue weighted by Gasteiger charge is 2.35. The van der Waals surface area contributed by atoms with E-state index in [2.05, 4.69) is 0 Å². The zero-order chi connectivity index (χ0) is 9.14. The first-order valence-corrected chi connectivity index (χ1v) is 4.81. The molecule has 0 bridgehead atoms. The van der Waals surface area contributed by atoms with Crippen molar-refractivity contribution in [3.63, 3.8) is 0 Å². The second-order valence-corrected chi connectivity index (χ2v) is 3.90. The van der Waals surface area contributed by atoms with E-state index in [4.69, 9.17) is 10.2 Å². The summed E-state index contributed by atoms with van der Waals surface area (Å²) in [5, 5.41) is 17.4. The van der Waals surface area contributed by atoms with E-state index in [0.717, 1.165) is 5.75 Å². The third-order valence-corrected chi connectivity index (χ3v) is 3.11. The molecule has 1 heterocycles. The molecule has 0 spiro atoms. The number of aliphatic carboxylic acids is 2. The van der Waals surface area contributed by atoms with Crippen molar-refractivity contribution in [1.29, 1.82) is 0 Å². The Balaban J connectivity index is 2.67. The average molecular weight is 190 g/mol. The molecule has 0 radical (unpaired) electrons. The molecule has 1 saturated heterocycles. The quantitative estimate of drug-likeness (QED) is 0.664. The summed E-state index contributed by atoms with van der Waals surface area (Å²) in [6.07, 6.45) is 0.469. The van der Waals surface area contributed by atoms with Gasteiger partial charge in [0.05, 0.1) is 11.8 Å². The average Bonchev–Trinajstić information content (AvgIpc) is 2.04. The van der Waals surface area contributed by atoms with Crippen molar-refractivity contribution in [1.82, 2.24) is 0 Å². The number of thioether (sulfide) groups is 1. The van der Waals surface area contributed by atoms with Crippen molar-refractivity contribution >= 4 is 23.7 Å². The zero-order valence-electron chi connectivity index (χ0n) is 6.40. The minimum atomic E-state index is -0.991. The zero-order valence-corrected chi connectivity index (χ0v) is 7.21. The van der Waals surface area contributed by atoms with E-state index in [-0.39, 0.29) is 0 Å². The normalized spacial score (nSPS) is 29.7. The molecular weight excluding hydrogens is 180 g/mol. The van der Waals surface area contributed by atoms with E-state index in [1.54, 1.807) is 0 Å². The molecule has 0 amide bonds. The fourth-order valence-electron chi connectivity index (χ4n) is 1.28. The van der Waals surface area contributed by atoms with Crippen LogP contribution in [0.1, 0.15) is 6.42 Å². The highest BCUT2D eigenvalue weighted by Crippen LogP contribution is 2.28. The van der Waals surface area contributed by atoms with Crippen LogP contribution < -0.4 is 0 Å². The second kappa shape index (κ2) is 3.80. The van der Waals surface area contributed by atoms with Crippen LogP contribution in [0.2, 0.25) is 0 Å². The van der Waals surface area contributed by atoms with Gasteiger partial charge in [-0.3, -0.25) is 9.59 Å². The molecule has 5 heteroatoms. The van der Waals surface area contributed by atoms with Crippen molar-refractivity contribution in [3.05, 3.63) is 0 Å². The van der Waals surface area contributed by atoms with Gasteiger partial charge in [-0.25, -0.2) is 0 Å². The Kier molecular flexibility index (Phi) is 2.97.